The first-order chi connectivity index (χ1) is 9.06. The molecular weight excluding hydrogens is 292 g/mol. The molecule has 1 aromatic carbocycles. The summed E-state index contributed by atoms with van der Waals surface area (Å²) in [6.07, 6.45) is 0. The van der Waals surface area contributed by atoms with E-state index < -0.39 is 16.7 Å². The number of benzene rings is 1. The number of thiophene rings is 1. The number of carboxylic acids is 1. The van der Waals surface area contributed by atoms with E-state index in [0.717, 1.165) is 17.4 Å². The van der Waals surface area contributed by atoms with Crippen LogP contribution in [0.15, 0.2) is 29.2 Å². The van der Waals surface area contributed by atoms with Crippen molar-refractivity contribution in [3.63, 3.8) is 0 Å². The lowest BCUT2D eigenvalue weighted by atomic mass is 10.1. The molecule has 1 aromatic heterocycles. The van der Waals surface area contributed by atoms with Crippen molar-refractivity contribution >= 4 is 29.5 Å². The molecule has 96 valence electrons. The van der Waals surface area contributed by atoms with E-state index in [4.69, 9.17) is 10.4 Å². The summed E-state index contributed by atoms with van der Waals surface area (Å²) >= 11 is 0.719. The molecule has 0 aliphatic heterocycles. The Bertz CT molecular complexity index is 692. The molecule has 0 unspecified atom stereocenters. The molecule has 0 aliphatic carbocycles. The average Bonchev–Trinajstić information content (AvgIpc) is 2.80. The predicted molar refractivity (Wildman–Crippen MR) is 68.4 cm³/mol. The van der Waals surface area contributed by atoms with E-state index in [1.54, 1.807) is 0 Å². The Kier molecular flexibility index (Phi) is 3.83. The first-order valence-electron chi connectivity index (χ1n) is 4.92. The van der Waals surface area contributed by atoms with Gasteiger partial charge in [-0.05, 0) is 23.8 Å². The smallest absolute Gasteiger partial charge is 0.348 e. The van der Waals surface area contributed by atoms with E-state index in [9.17, 15) is 13.1 Å². The summed E-state index contributed by atoms with van der Waals surface area (Å²) in [6.45, 7) is 0. The minimum absolute atomic E-state index is 0.0501. The molecule has 19 heavy (non-hydrogen) atoms. The number of carboxylic acid groups (broad SMARTS) is 1. The van der Waals surface area contributed by atoms with Crippen molar-refractivity contribution in [2.24, 2.45) is 0 Å². The van der Waals surface area contributed by atoms with Crippen LogP contribution in [0.1, 0.15) is 15.2 Å². The minimum Gasteiger partial charge on any atom is -0.477 e. The van der Waals surface area contributed by atoms with Crippen molar-refractivity contribution in [3.05, 3.63) is 40.5 Å². The van der Waals surface area contributed by atoms with Crippen LogP contribution >= 0.6 is 23.5 Å². The number of halogens is 2. The maximum absolute atomic E-state index is 13.4. The maximum atomic E-state index is 13.4. The van der Waals surface area contributed by atoms with Crippen LogP contribution in [0.3, 0.4) is 0 Å². The predicted octanol–water partition coefficient (Wildman–Crippen LogP) is 4.10. The van der Waals surface area contributed by atoms with E-state index >= 15 is 0 Å². The summed E-state index contributed by atoms with van der Waals surface area (Å²) in [5, 5.41) is 17.6. The summed E-state index contributed by atoms with van der Waals surface area (Å²) in [5.41, 5.74) is 0.599. The van der Waals surface area contributed by atoms with Crippen LogP contribution in [0.2, 0.25) is 0 Å². The van der Waals surface area contributed by atoms with Crippen molar-refractivity contribution in [3.8, 4) is 16.5 Å². The van der Waals surface area contributed by atoms with Gasteiger partial charge in [0.05, 0.1) is 22.6 Å². The van der Waals surface area contributed by atoms with Crippen molar-refractivity contribution in [1.82, 2.24) is 0 Å². The lowest BCUT2D eigenvalue weighted by Gasteiger charge is -2.01. The summed E-state index contributed by atoms with van der Waals surface area (Å²) in [4.78, 5) is 10.9. The van der Waals surface area contributed by atoms with Crippen LogP contribution in [0.25, 0.3) is 10.4 Å². The SMILES string of the molecule is N#Cc1cc(-c2cc(F)c(C(=O)O)s2)ccc1SF. The fourth-order valence-electron chi connectivity index (χ4n) is 1.49. The summed E-state index contributed by atoms with van der Waals surface area (Å²) in [7, 11) is 0. The van der Waals surface area contributed by atoms with Crippen LogP contribution in [-0.2, 0) is 0 Å². The molecule has 2 rings (SSSR count). The third-order valence-corrected chi connectivity index (χ3v) is 4.02. The Morgan fingerprint density at radius 1 is 1.42 bits per heavy atom. The van der Waals surface area contributed by atoms with Crippen molar-refractivity contribution in [2.45, 2.75) is 4.90 Å². The summed E-state index contributed by atoms with van der Waals surface area (Å²) in [6, 6.07) is 7.24. The molecule has 0 saturated carbocycles. The Morgan fingerprint density at radius 2 is 2.16 bits per heavy atom. The first-order valence-corrected chi connectivity index (χ1v) is 6.46. The molecule has 0 aliphatic rings. The number of aromatic carboxylic acids is 1. The zero-order valence-corrected chi connectivity index (χ0v) is 10.8. The van der Waals surface area contributed by atoms with Gasteiger partial charge in [0.2, 0.25) is 0 Å². The Morgan fingerprint density at radius 3 is 2.68 bits per heavy atom. The standard InChI is InChI=1S/C12H5F2NO2S2/c13-8-4-10(18-11(8)12(16)17)6-1-2-9(19-14)7(3-6)5-15/h1-4H,(H,16,17). The van der Waals surface area contributed by atoms with E-state index in [1.165, 1.54) is 18.2 Å². The van der Waals surface area contributed by atoms with Gasteiger partial charge >= 0.3 is 5.97 Å². The number of carbonyl (C=O) groups is 1. The molecule has 1 heterocycles. The Hall–Kier alpha value is -1.91. The Balaban J connectivity index is 2.51. The molecule has 0 radical (unpaired) electrons. The van der Waals surface area contributed by atoms with Gasteiger partial charge in [-0.3, -0.25) is 0 Å². The van der Waals surface area contributed by atoms with Gasteiger partial charge in [-0.2, -0.15) is 9.15 Å². The van der Waals surface area contributed by atoms with Gasteiger partial charge in [-0.15, -0.1) is 11.3 Å². The third kappa shape index (κ3) is 2.59. The molecule has 0 amide bonds. The topological polar surface area (TPSA) is 61.1 Å². The summed E-state index contributed by atoms with van der Waals surface area (Å²) in [5.74, 6) is -2.17. The second kappa shape index (κ2) is 5.38. The van der Waals surface area contributed by atoms with Gasteiger partial charge in [0, 0.05) is 4.88 Å². The molecule has 0 spiro atoms. The van der Waals surface area contributed by atoms with Gasteiger partial charge in [-0.1, -0.05) is 6.07 Å². The number of nitrogens with zero attached hydrogens (tertiary/aromatic N) is 1. The van der Waals surface area contributed by atoms with Gasteiger partial charge < -0.3 is 5.11 Å². The quantitative estimate of drug-likeness (QED) is 0.926. The fourth-order valence-corrected chi connectivity index (χ4v) is 2.67. The number of hydrogen-bond donors (Lipinski definition) is 1. The third-order valence-electron chi connectivity index (χ3n) is 2.35. The van der Waals surface area contributed by atoms with Crippen LogP contribution in [-0.4, -0.2) is 11.1 Å². The molecule has 0 fully saturated rings. The van der Waals surface area contributed by atoms with Crippen LogP contribution in [0.4, 0.5) is 8.28 Å². The highest BCUT2D eigenvalue weighted by atomic mass is 32.2. The molecular formula is C12H5F2NO2S2. The second-order valence-corrected chi connectivity index (χ2v) is 5.14. The zero-order chi connectivity index (χ0) is 14.0. The highest BCUT2D eigenvalue weighted by Crippen LogP contribution is 2.33. The van der Waals surface area contributed by atoms with Gasteiger partial charge in [0.1, 0.15) is 16.8 Å². The lowest BCUT2D eigenvalue weighted by molar-refractivity contribution is 0.0697. The second-order valence-electron chi connectivity index (χ2n) is 3.49. The highest BCUT2D eigenvalue weighted by Gasteiger charge is 2.17. The largest absolute Gasteiger partial charge is 0.477 e. The van der Waals surface area contributed by atoms with Crippen molar-refractivity contribution in [1.29, 1.82) is 5.26 Å². The van der Waals surface area contributed by atoms with Gasteiger partial charge in [0.15, 0.2) is 0 Å². The normalized spacial score (nSPS) is 10.2. The van der Waals surface area contributed by atoms with E-state index in [2.05, 4.69) is 0 Å². The molecule has 0 atom stereocenters. The van der Waals surface area contributed by atoms with Crippen LogP contribution in [0, 0.1) is 17.1 Å². The molecule has 3 nitrogen and oxygen atoms in total. The molecule has 7 heteroatoms. The van der Waals surface area contributed by atoms with Gasteiger partial charge in [-0.25, -0.2) is 9.18 Å². The number of hydrogen-bond acceptors (Lipinski definition) is 4. The van der Waals surface area contributed by atoms with E-state index in [-0.39, 0.29) is 22.6 Å². The molecule has 0 saturated heterocycles. The van der Waals surface area contributed by atoms with E-state index in [1.807, 2.05) is 6.07 Å². The van der Waals surface area contributed by atoms with Crippen LogP contribution in [0.5, 0.6) is 0 Å². The lowest BCUT2D eigenvalue weighted by Crippen LogP contribution is -1.93. The van der Waals surface area contributed by atoms with Crippen molar-refractivity contribution in [2.75, 3.05) is 0 Å². The van der Waals surface area contributed by atoms with E-state index in [0.29, 0.717) is 10.4 Å². The summed E-state index contributed by atoms with van der Waals surface area (Å²) < 4.78 is 25.9. The maximum Gasteiger partial charge on any atom is 0.348 e. The number of nitriles is 1. The first kappa shape index (κ1) is 13.5. The van der Waals surface area contributed by atoms with Crippen molar-refractivity contribution < 1.29 is 18.2 Å². The molecule has 0 bridgehead atoms. The highest BCUT2D eigenvalue weighted by molar-refractivity contribution is 7.94. The molecule has 1 N–H and O–H groups in total. The van der Waals surface area contributed by atoms with Crippen LogP contribution < -0.4 is 0 Å². The minimum atomic E-state index is -1.34. The zero-order valence-electron chi connectivity index (χ0n) is 9.18. The fraction of sp³-hybridized carbons (Fsp3) is 0. The van der Waals surface area contributed by atoms with Gasteiger partial charge in [0.25, 0.3) is 0 Å². The monoisotopic (exact) mass is 297 g/mol. The Labute approximate surface area is 115 Å². The molecule has 2 aromatic rings. The number of rotatable bonds is 3. The average molecular weight is 297 g/mol.